The van der Waals surface area contributed by atoms with Crippen LogP contribution in [0.2, 0.25) is 0 Å². The van der Waals surface area contributed by atoms with Gasteiger partial charge in [0, 0.05) is 17.9 Å². The molecule has 0 amide bonds. The highest BCUT2D eigenvalue weighted by Gasteiger charge is 2.15. The van der Waals surface area contributed by atoms with E-state index in [1.54, 1.807) is 7.05 Å². The lowest BCUT2D eigenvalue weighted by atomic mass is 10.2. The van der Waals surface area contributed by atoms with E-state index < -0.39 is 0 Å². The SMILES string of the molecule is Cn1cnn(Cc2cc3c(cc2Br)OCCCO3)c1=O. The van der Waals surface area contributed by atoms with Gasteiger partial charge in [-0.25, -0.2) is 9.48 Å². The van der Waals surface area contributed by atoms with Crippen molar-refractivity contribution in [2.45, 2.75) is 13.0 Å². The first-order valence-corrected chi connectivity index (χ1v) is 7.11. The molecule has 0 bridgehead atoms. The maximum atomic E-state index is 11.8. The van der Waals surface area contributed by atoms with Gasteiger partial charge < -0.3 is 9.47 Å². The Kier molecular flexibility index (Phi) is 3.52. The Hall–Kier alpha value is -1.76. The number of benzene rings is 1. The largest absolute Gasteiger partial charge is 0.490 e. The van der Waals surface area contributed by atoms with Crippen molar-refractivity contribution in [3.63, 3.8) is 0 Å². The minimum atomic E-state index is -0.149. The van der Waals surface area contributed by atoms with E-state index in [-0.39, 0.29) is 5.69 Å². The number of ether oxygens (including phenoxy) is 2. The summed E-state index contributed by atoms with van der Waals surface area (Å²) in [6.45, 7) is 1.67. The smallest absolute Gasteiger partial charge is 0.345 e. The van der Waals surface area contributed by atoms with Gasteiger partial charge in [0.05, 0.1) is 19.8 Å². The molecule has 1 aromatic heterocycles. The second-order valence-electron chi connectivity index (χ2n) is 4.62. The monoisotopic (exact) mass is 339 g/mol. The quantitative estimate of drug-likeness (QED) is 0.833. The molecule has 0 radical (unpaired) electrons. The Bertz CT molecular complexity index is 693. The summed E-state index contributed by atoms with van der Waals surface area (Å²) >= 11 is 3.50. The normalized spacial score (nSPS) is 14.1. The molecule has 2 aromatic rings. The molecule has 0 atom stereocenters. The first-order valence-electron chi connectivity index (χ1n) is 6.31. The van der Waals surface area contributed by atoms with Crippen LogP contribution in [0, 0.1) is 0 Å². The fourth-order valence-corrected chi connectivity index (χ4v) is 2.49. The van der Waals surface area contributed by atoms with Crippen molar-refractivity contribution < 1.29 is 9.47 Å². The van der Waals surface area contributed by atoms with Crippen molar-refractivity contribution in [2.75, 3.05) is 13.2 Å². The zero-order chi connectivity index (χ0) is 14.1. The first-order chi connectivity index (χ1) is 9.65. The highest BCUT2D eigenvalue weighted by Crippen LogP contribution is 2.35. The van der Waals surface area contributed by atoms with E-state index in [0.717, 1.165) is 22.2 Å². The fourth-order valence-electron chi connectivity index (χ4n) is 2.04. The summed E-state index contributed by atoms with van der Waals surface area (Å²) in [5.41, 5.74) is 0.777. The van der Waals surface area contributed by atoms with E-state index in [1.165, 1.54) is 15.6 Å². The van der Waals surface area contributed by atoms with Gasteiger partial charge in [-0.2, -0.15) is 5.10 Å². The van der Waals surface area contributed by atoms with Gasteiger partial charge in [-0.3, -0.25) is 4.57 Å². The predicted molar refractivity (Wildman–Crippen MR) is 76.3 cm³/mol. The average molecular weight is 340 g/mol. The van der Waals surface area contributed by atoms with Crippen LogP contribution in [-0.4, -0.2) is 27.6 Å². The summed E-state index contributed by atoms with van der Waals surface area (Å²) in [6, 6.07) is 3.77. The molecule has 1 aliphatic heterocycles. The van der Waals surface area contributed by atoms with Crippen LogP contribution >= 0.6 is 15.9 Å². The molecule has 1 aromatic carbocycles. The molecule has 0 saturated carbocycles. The Labute approximate surface area is 124 Å². The standard InChI is InChI=1S/C13H14BrN3O3/c1-16-8-15-17(13(16)18)7-9-5-11-12(6-10(9)14)20-4-2-3-19-11/h5-6,8H,2-4,7H2,1H3. The van der Waals surface area contributed by atoms with Gasteiger partial charge in [-0.05, 0) is 17.7 Å². The second kappa shape index (κ2) is 5.32. The topological polar surface area (TPSA) is 58.3 Å². The first kappa shape index (κ1) is 13.2. The summed E-state index contributed by atoms with van der Waals surface area (Å²) in [5.74, 6) is 1.44. The minimum absolute atomic E-state index is 0.149. The number of fused-ring (bicyclic) bond motifs is 1. The molecule has 0 aliphatic carbocycles. The van der Waals surface area contributed by atoms with Gasteiger partial charge in [0.15, 0.2) is 11.5 Å². The second-order valence-corrected chi connectivity index (χ2v) is 5.48. The van der Waals surface area contributed by atoms with E-state index in [2.05, 4.69) is 21.0 Å². The zero-order valence-electron chi connectivity index (χ0n) is 11.0. The van der Waals surface area contributed by atoms with Crippen molar-refractivity contribution >= 4 is 15.9 Å². The van der Waals surface area contributed by atoms with Crippen LogP contribution in [0.5, 0.6) is 11.5 Å². The van der Waals surface area contributed by atoms with Crippen LogP contribution in [0.25, 0.3) is 0 Å². The van der Waals surface area contributed by atoms with Crippen LogP contribution in [0.4, 0.5) is 0 Å². The van der Waals surface area contributed by atoms with Gasteiger partial charge in [-0.1, -0.05) is 15.9 Å². The molecule has 0 unspecified atom stereocenters. The lowest BCUT2D eigenvalue weighted by molar-refractivity contribution is 0.297. The number of aromatic nitrogens is 3. The van der Waals surface area contributed by atoms with Crippen molar-refractivity contribution in [1.29, 1.82) is 0 Å². The lowest BCUT2D eigenvalue weighted by Gasteiger charge is -2.11. The summed E-state index contributed by atoms with van der Waals surface area (Å²) in [7, 11) is 1.68. The number of hydrogen-bond acceptors (Lipinski definition) is 4. The fraction of sp³-hybridized carbons (Fsp3) is 0.385. The van der Waals surface area contributed by atoms with E-state index in [0.29, 0.717) is 25.5 Å². The number of halogens is 1. The van der Waals surface area contributed by atoms with Crippen LogP contribution in [0.3, 0.4) is 0 Å². The Morgan fingerprint density at radius 1 is 1.30 bits per heavy atom. The molecule has 0 saturated heterocycles. The third kappa shape index (κ3) is 2.45. The van der Waals surface area contributed by atoms with Crippen molar-refractivity contribution in [3.8, 4) is 11.5 Å². The molecular formula is C13H14BrN3O3. The summed E-state index contributed by atoms with van der Waals surface area (Å²) in [4.78, 5) is 11.8. The molecule has 2 heterocycles. The molecular weight excluding hydrogens is 326 g/mol. The van der Waals surface area contributed by atoms with E-state index in [4.69, 9.17) is 9.47 Å². The molecule has 106 valence electrons. The molecule has 0 N–H and O–H groups in total. The molecule has 1 aliphatic rings. The van der Waals surface area contributed by atoms with Gasteiger partial charge in [0.25, 0.3) is 0 Å². The molecule has 7 heteroatoms. The van der Waals surface area contributed by atoms with Crippen LogP contribution < -0.4 is 15.2 Å². The van der Waals surface area contributed by atoms with Gasteiger partial charge in [0.1, 0.15) is 6.33 Å². The number of hydrogen-bond donors (Lipinski definition) is 0. The zero-order valence-corrected chi connectivity index (χ0v) is 12.6. The Balaban J connectivity index is 1.96. The maximum absolute atomic E-state index is 11.8. The third-order valence-electron chi connectivity index (χ3n) is 3.12. The van der Waals surface area contributed by atoms with Crippen LogP contribution in [0.15, 0.2) is 27.7 Å². The van der Waals surface area contributed by atoms with Crippen molar-refractivity contribution in [1.82, 2.24) is 14.3 Å². The van der Waals surface area contributed by atoms with Crippen LogP contribution in [0.1, 0.15) is 12.0 Å². The number of nitrogens with zero attached hydrogens (tertiary/aromatic N) is 3. The lowest BCUT2D eigenvalue weighted by Crippen LogP contribution is -2.23. The summed E-state index contributed by atoms with van der Waals surface area (Å²) in [5, 5.41) is 4.06. The highest BCUT2D eigenvalue weighted by molar-refractivity contribution is 9.10. The Morgan fingerprint density at radius 2 is 2.00 bits per heavy atom. The number of aryl methyl sites for hydroxylation is 1. The summed E-state index contributed by atoms with van der Waals surface area (Å²) in [6.07, 6.45) is 2.36. The molecule has 6 nitrogen and oxygen atoms in total. The molecule has 0 fully saturated rings. The third-order valence-corrected chi connectivity index (χ3v) is 3.86. The van der Waals surface area contributed by atoms with Crippen molar-refractivity contribution in [3.05, 3.63) is 39.0 Å². The Morgan fingerprint density at radius 3 is 2.65 bits per heavy atom. The summed E-state index contributed by atoms with van der Waals surface area (Å²) < 4.78 is 15.0. The van der Waals surface area contributed by atoms with E-state index in [1.807, 2.05) is 12.1 Å². The minimum Gasteiger partial charge on any atom is -0.490 e. The van der Waals surface area contributed by atoms with Gasteiger partial charge in [0.2, 0.25) is 0 Å². The maximum Gasteiger partial charge on any atom is 0.345 e. The molecule has 20 heavy (non-hydrogen) atoms. The van der Waals surface area contributed by atoms with E-state index in [9.17, 15) is 4.79 Å². The number of rotatable bonds is 2. The average Bonchev–Trinajstić information content (AvgIpc) is 2.65. The van der Waals surface area contributed by atoms with E-state index >= 15 is 0 Å². The highest BCUT2D eigenvalue weighted by atomic mass is 79.9. The van der Waals surface area contributed by atoms with Crippen LogP contribution in [-0.2, 0) is 13.6 Å². The van der Waals surface area contributed by atoms with Gasteiger partial charge >= 0.3 is 5.69 Å². The predicted octanol–water partition coefficient (Wildman–Crippen LogP) is 1.55. The molecule has 0 spiro atoms. The van der Waals surface area contributed by atoms with Gasteiger partial charge in [-0.15, -0.1) is 0 Å². The van der Waals surface area contributed by atoms with Crippen molar-refractivity contribution in [2.24, 2.45) is 7.05 Å². The molecule has 3 rings (SSSR count).